The molecule has 170 valence electrons. The molecule has 3 aromatic rings. The van der Waals surface area contributed by atoms with Crippen LogP contribution >= 0.6 is 11.6 Å². The third kappa shape index (κ3) is 4.31. The van der Waals surface area contributed by atoms with E-state index in [0.29, 0.717) is 17.1 Å². The van der Waals surface area contributed by atoms with Crippen LogP contribution in [0.1, 0.15) is 42.2 Å². The zero-order valence-corrected chi connectivity index (χ0v) is 19.3. The van der Waals surface area contributed by atoms with Crippen molar-refractivity contribution in [1.82, 2.24) is 0 Å². The maximum atomic E-state index is 14.3. The van der Waals surface area contributed by atoms with E-state index in [4.69, 9.17) is 16.3 Å². The Morgan fingerprint density at radius 1 is 1.09 bits per heavy atom. The Morgan fingerprint density at radius 2 is 1.79 bits per heavy atom. The summed E-state index contributed by atoms with van der Waals surface area (Å²) in [7, 11) is 1.38. The topological polar surface area (TPSA) is 49.9 Å². The SMILES string of the molecule is COc1ccc(C(=O)N2c3ccccc3[C@H](N(C(C)=O)c3ccc(Cl)cc3)C[C@@H]2C)cc1F. The molecule has 0 N–H and O–H groups in total. The van der Waals surface area contributed by atoms with Crippen molar-refractivity contribution in [3.63, 3.8) is 0 Å². The maximum Gasteiger partial charge on any atom is 0.258 e. The molecule has 0 bridgehead atoms. The van der Waals surface area contributed by atoms with Crippen molar-refractivity contribution in [2.45, 2.75) is 32.4 Å². The first kappa shape index (κ1) is 22.8. The van der Waals surface area contributed by atoms with Gasteiger partial charge in [0.15, 0.2) is 11.6 Å². The summed E-state index contributed by atoms with van der Waals surface area (Å²) in [6, 6.07) is 18.3. The van der Waals surface area contributed by atoms with E-state index in [-0.39, 0.29) is 35.2 Å². The number of rotatable bonds is 4. The number of hydrogen-bond donors (Lipinski definition) is 0. The number of benzene rings is 3. The molecule has 0 aliphatic carbocycles. The molecule has 0 spiro atoms. The predicted molar refractivity (Wildman–Crippen MR) is 128 cm³/mol. The Kier molecular flexibility index (Phi) is 6.38. The number of para-hydroxylation sites is 1. The van der Waals surface area contributed by atoms with Gasteiger partial charge in [0.05, 0.1) is 13.2 Å². The van der Waals surface area contributed by atoms with Crippen LogP contribution in [0.3, 0.4) is 0 Å². The molecule has 2 amide bonds. The zero-order chi connectivity index (χ0) is 23.7. The number of carbonyl (C=O) groups is 2. The molecule has 0 radical (unpaired) electrons. The summed E-state index contributed by atoms with van der Waals surface area (Å²) in [4.78, 5) is 29.6. The minimum absolute atomic E-state index is 0.0822. The summed E-state index contributed by atoms with van der Waals surface area (Å²) in [5, 5.41) is 0.586. The van der Waals surface area contributed by atoms with Crippen molar-refractivity contribution in [2.75, 3.05) is 16.9 Å². The second-order valence-electron chi connectivity index (χ2n) is 8.05. The summed E-state index contributed by atoms with van der Waals surface area (Å²) >= 11 is 6.05. The van der Waals surface area contributed by atoms with E-state index in [2.05, 4.69) is 0 Å². The van der Waals surface area contributed by atoms with Crippen LogP contribution in [-0.2, 0) is 4.79 Å². The Labute approximate surface area is 197 Å². The minimum atomic E-state index is -0.593. The lowest BCUT2D eigenvalue weighted by Gasteiger charge is -2.43. The van der Waals surface area contributed by atoms with Crippen molar-refractivity contribution in [2.24, 2.45) is 0 Å². The first-order valence-electron chi connectivity index (χ1n) is 10.6. The lowest BCUT2D eigenvalue weighted by Crippen LogP contribution is -2.47. The van der Waals surface area contributed by atoms with Crippen molar-refractivity contribution >= 4 is 34.8 Å². The second kappa shape index (κ2) is 9.24. The van der Waals surface area contributed by atoms with Gasteiger partial charge in [-0.25, -0.2) is 4.39 Å². The molecule has 3 aromatic carbocycles. The number of anilines is 2. The van der Waals surface area contributed by atoms with Crippen LogP contribution in [0.5, 0.6) is 5.75 Å². The molecular weight excluding hydrogens is 443 g/mol. The molecule has 33 heavy (non-hydrogen) atoms. The van der Waals surface area contributed by atoms with Crippen LogP contribution in [0.2, 0.25) is 5.02 Å². The lowest BCUT2D eigenvalue weighted by atomic mass is 9.89. The fourth-order valence-electron chi connectivity index (χ4n) is 4.46. The molecular formula is C26H24ClFN2O3. The maximum absolute atomic E-state index is 14.3. The highest BCUT2D eigenvalue weighted by Crippen LogP contribution is 2.43. The van der Waals surface area contributed by atoms with E-state index >= 15 is 0 Å². The molecule has 0 saturated heterocycles. The van der Waals surface area contributed by atoms with Gasteiger partial charge >= 0.3 is 0 Å². The van der Waals surface area contributed by atoms with Crippen molar-refractivity contribution in [1.29, 1.82) is 0 Å². The average molecular weight is 467 g/mol. The number of hydrogen-bond acceptors (Lipinski definition) is 3. The van der Waals surface area contributed by atoms with Gasteiger partial charge in [0, 0.05) is 34.9 Å². The highest BCUT2D eigenvalue weighted by molar-refractivity contribution is 6.30. The van der Waals surface area contributed by atoms with Gasteiger partial charge in [-0.2, -0.15) is 0 Å². The molecule has 2 atom stereocenters. The third-order valence-corrected chi connectivity index (χ3v) is 6.19. The van der Waals surface area contributed by atoms with Gasteiger partial charge in [-0.15, -0.1) is 0 Å². The summed E-state index contributed by atoms with van der Waals surface area (Å²) in [6.45, 7) is 3.46. The Bertz CT molecular complexity index is 1200. The van der Waals surface area contributed by atoms with Gasteiger partial charge in [-0.1, -0.05) is 29.8 Å². The number of amides is 2. The second-order valence-corrected chi connectivity index (χ2v) is 8.49. The highest BCUT2D eigenvalue weighted by Gasteiger charge is 2.38. The summed E-state index contributed by atoms with van der Waals surface area (Å²) < 4.78 is 19.3. The number of ether oxygens (including phenoxy) is 1. The van der Waals surface area contributed by atoms with Crippen LogP contribution < -0.4 is 14.5 Å². The van der Waals surface area contributed by atoms with E-state index in [1.165, 1.54) is 26.2 Å². The summed E-state index contributed by atoms with van der Waals surface area (Å²) in [6.07, 6.45) is 0.517. The van der Waals surface area contributed by atoms with Crippen molar-refractivity contribution in [3.8, 4) is 5.75 Å². The molecule has 4 rings (SSSR count). The van der Waals surface area contributed by atoms with Gasteiger partial charge in [-0.3, -0.25) is 9.59 Å². The molecule has 0 saturated carbocycles. The zero-order valence-electron chi connectivity index (χ0n) is 18.6. The van der Waals surface area contributed by atoms with E-state index in [1.54, 1.807) is 28.0 Å². The molecule has 0 fully saturated rings. The fraction of sp³-hybridized carbons (Fsp3) is 0.231. The van der Waals surface area contributed by atoms with Crippen molar-refractivity contribution < 1.29 is 18.7 Å². The lowest BCUT2D eigenvalue weighted by molar-refractivity contribution is -0.117. The molecule has 1 aliphatic rings. The Morgan fingerprint density at radius 3 is 2.42 bits per heavy atom. The van der Waals surface area contributed by atoms with E-state index in [1.807, 2.05) is 43.3 Å². The van der Waals surface area contributed by atoms with Gasteiger partial charge in [-0.05, 0) is 67.4 Å². The van der Waals surface area contributed by atoms with Crippen LogP contribution in [0, 0.1) is 5.82 Å². The van der Waals surface area contributed by atoms with Gasteiger partial charge in [0.2, 0.25) is 5.91 Å². The molecule has 5 nitrogen and oxygen atoms in total. The highest BCUT2D eigenvalue weighted by atomic mass is 35.5. The van der Waals surface area contributed by atoms with Gasteiger partial charge < -0.3 is 14.5 Å². The first-order chi connectivity index (χ1) is 15.8. The molecule has 0 unspecified atom stereocenters. The van der Waals surface area contributed by atoms with Gasteiger partial charge in [0.25, 0.3) is 5.91 Å². The smallest absolute Gasteiger partial charge is 0.258 e. The number of fused-ring (bicyclic) bond motifs is 1. The minimum Gasteiger partial charge on any atom is -0.494 e. The number of halogens is 2. The third-order valence-electron chi connectivity index (χ3n) is 5.93. The fourth-order valence-corrected chi connectivity index (χ4v) is 4.58. The molecule has 1 heterocycles. The van der Waals surface area contributed by atoms with E-state index in [0.717, 1.165) is 11.3 Å². The number of methoxy groups -OCH3 is 1. The Balaban J connectivity index is 1.76. The summed E-state index contributed by atoms with van der Waals surface area (Å²) in [5.41, 5.74) is 2.51. The van der Waals surface area contributed by atoms with Gasteiger partial charge in [0.1, 0.15) is 0 Å². The quantitative estimate of drug-likeness (QED) is 0.472. The number of carbonyl (C=O) groups excluding carboxylic acids is 2. The van der Waals surface area contributed by atoms with E-state index in [9.17, 15) is 14.0 Å². The van der Waals surface area contributed by atoms with Crippen LogP contribution in [0.15, 0.2) is 66.7 Å². The molecule has 1 aliphatic heterocycles. The van der Waals surface area contributed by atoms with Crippen LogP contribution in [0.25, 0.3) is 0 Å². The Hall–Kier alpha value is -3.38. The standard InChI is InChI=1S/C26H24ClFN2O3/c1-16-14-24(30(17(2)31)20-11-9-19(27)10-12-20)21-6-4-5-7-23(21)29(16)26(32)18-8-13-25(33-3)22(28)15-18/h4-13,15-16,24H,14H2,1-3H3/t16-,24+/m0/s1. The van der Waals surface area contributed by atoms with Crippen LogP contribution in [-0.4, -0.2) is 25.0 Å². The van der Waals surface area contributed by atoms with Crippen molar-refractivity contribution in [3.05, 3.63) is 88.7 Å². The molecule has 7 heteroatoms. The normalized spacial score (nSPS) is 17.3. The summed E-state index contributed by atoms with van der Waals surface area (Å²) in [5.74, 6) is -0.930. The van der Waals surface area contributed by atoms with Crippen LogP contribution in [0.4, 0.5) is 15.8 Å². The predicted octanol–water partition coefficient (Wildman–Crippen LogP) is 6.02. The number of nitrogens with zero attached hydrogens (tertiary/aromatic N) is 2. The first-order valence-corrected chi connectivity index (χ1v) is 11.0. The average Bonchev–Trinajstić information content (AvgIpc) is 2.80. The monoisotopic (exact) mass is 466 g/mol. The van der Waals surface area contributed by atoms with E-state index < -0.39 is 5.82 Å². The molecule has 0 aromatic heterocycles. The largest absolute Gasteiger partial charge is 0.494 e.